The highest BCUT2D eigenvalue weighted by Gasteiger charge is 2.30. The Bertz CT molecular complexity index is 729. The highest BCUT2D eigenvalue weighted by atomic mass is 16.5. The summed E-state index contributed by atoms with van der Waals surface area (Å²) in [5.41, 5.74) is 1.87. The number of nitrogens with one attached hydrogen (secondary N) is 2. The summed E-state index contributed by atoms with van der Waals surface area (Å²) in [5.74, 6) is 0.700. The quantitative estimate of drug-likeness (QED) is 0.618. The molecule has 0 saturated carbocycles. The number of anilines is 1. The van der Waals surface area contributed by atoms with Crippen molar-refractivity contribution in [3.05, 3.63) is 60.2 Å². The number of rotatable bonds is 9. The molecule has 0 spiro atoms. The normalized spacial score (nSPS) is 12.7. The van der Waals surface area contributed by atoms with Gasteiger partial charge in [-0.25, -0.2) is 0 Å². The SMILES string of the molecule is COc1cccc(NC(=O)[C@H]([NH2+]CC(C)(C)C[NH+](C)C)c2ccccc2)c1. The molecule has 0 saturated heterocycles. The van der Waals surface area contributed by atoms with Crippen LogP contribution in [0.2, 0.25) is 0 Å². The van der Waals surface area contributed by atoms with Gasteiger partial charge < -0.3 is 20.3 Å². The smallest absolute Gasteiger partial charge is 0.287 e. The number of methoxy groups -OCH3 is 1. The Labute approximate surface area is 162 Å². The molecule has 0 heterocycles. The van der Waals surface area contributed by atoms with Crippen LogP contribution in [-0.4, -0.2) is 40.2 Å². The fourth-order valence-electron chi connectivity index (χ4n) is 3.44. The van der Waals surface area contributed by atoms with Crippen LogP contribution in [0.4, 0.5) is 5.69 Å². The molecule has 0 aliphatic rings. The van der Waals surface area contributed by atoms with E-state index >= 15 is 0 Å². The maximum atomic E-state index is 13.1. The molecule has 1 atom stereocenters. The van der Waals surface area contributed by atoms with Crippen LogP contribution in [-0.2, 0) is 4.79 Å². The Hall–Kier alpha value is -2.37. The van der Waals surface area contributed by atoms with E-state index in [4.69, 9.17) is 4.74 Å². The Kier molecular flexibility index (Phi) is 7.39. The van der Waals surface area contributed by atoms with Gasteiger partial charge in [-0.15, -0.1) is 0 Å². The average Bonchev–Trinajstić information content (AvgIpc) is 2.61. The first kappa shape index (κ1) is 20.9. The summed E-state index contributed by atoms with van der Waals surface area (Å²) >= 11 is 0. The first-order valence-corrected chi connectivity index (χ1v) is 9.43. The zero-order valence-electron chi connectivity index (χ0n) is 17.1. The van der Waals surface area contributed by atoms with E-state index in [0.29, 0.717) is 0 Å². The molecule has 0 aliphatic heterocycles. The Morgan fingerprint density at radius 3 is 2.48 bits per heavy atom. The van der Waals surface area contributed by atoms with Crippen molar-refractivity contribution >= 4 is 11.6 Å². The number of hydrogen-bond donors (Lipinski definition) is 3. The van der Waals surface area contributed by atoms with Crippen molar-refractivity contribution in [3.8, 4) is 5.75 Å². The van der Waals surface area contributed by atoms with Gasteiger partial charge in [0.1, 0.15) is 5.75 Å². The molecule has 1 amide bonds. The summed E-state index contributed by atoms with van der Waals surface area (Å²) in [6.45, 7) is 6.41. The number of hydrogen-bond acceptors (Lipinski definition) is 2. The van der Waals surface area contributed by atoms with E-state index < -0.39 is 0 Å². The van der Waals surface area contributed by atoms with Crippen LogP contribution >= 0.6 is 0 Å². The van der Waals surface area contributed by atoms with Crippen LogP contribution in [0.1, 0.15) is 25.5 Å². The van der Waals surface area contributed by atoms with E-state index in [1.807, 2.05) is 54.6 Å². The zero-order valence-corrected chi connectivity index (χ0v) is 17.1. The van der Waals surface area contributed by atoms with Gasteiger partial charge in [0.25, 0.3) is 5.91 Å². The highest BCUT2D eigenvalue weighted by Crippen LogP contribution is 2.19. The van der Waals surface area contributed by atoms with Gasteiger partial charge in [-0.05, 0) is 26.0 Å². The van der Waals surface area contributed by atoms with E-state index in [2.05, 4.69) is 38.6 Å². The summed E-state index contributed by atoms with van der Waals surface area (Å²) in [6.07, 6.45) is 0. The molecule has 0 bridgehead atoms. The van der Waals surface area contributed by atoms with Crippen molar-refractivity contribution in [3.63, 3.8) is 0 Å². The van der Waals surface area contributed by atoms with Crippen LogP contribution in [0, 0.1) is 5.41 Å². The number of benzene rings is 2. The van der Waals surface area contributed by atoms with Crippen LogP contribution in [0.3, 0.4) is 0 Å². The van der Waals surface area contributed by atoms with Gasteiger partial charge in [-0.1, -0.05) is 36.4 Å². The van der Waals surface area contributed by atoms with Crippen molar-refractivity contribution in [1.29, 1.82) is 0 Å². The van der Waals surface area contributed by atoms with Crippen LogP contribution in [0.25, 0.3) is 0 Å². The first-order valence-electron chi connectivity index (χ1n) is 9.43. The molecule has 5 nitrogen and oxygen atoms in total. The fraction of sp³-hybridized carbons (Fsp3) is 0.409. The van der Waals surface area contributed by atoms with Crippen molar-refractivity contribution in [2.24, 2.45) is 5.41 Å². The second-order valence-corrected chi connectivity index (χ2v) is 8.10. The lowest BCUT2D eigenvalue weighted by Gasteiger charge is -2.26. The second kappa shape index (κ2) is 9.53. The molecule has 4 N–H and O–H groups in total. The lowest BCUT2D eigenvalue weighted by atomic mass is 9.92. The second-order valence-electron chi connectivity index (χ2n) is 8.10. The molecule has 146 valence electrons. The molecular weight excluding hydrogens is 338 g/mol. The number of ether oxygens (including phenoxy) is 1. The molecule has 2 rings (SSSR count). The van der Waals surface area contributed by atoms with Crippen molar-refractivity contribution < 1.29 is 19.7 Å². The molecular formula is C22H33N3O2+2. The summed E-state index contributed by atoms with van der Waals surface area (Å²) in [4.78, 5) is 14.5. The minimum absolute atomic E-state index is 0.0255. The zero-order chi connectivity index (χ0) is 19.9. The third-order valence-corrected chi connectivity index (χ3v) is 4.52. The standard InChI is InChI=1S/C22H31N3O2/c1-22(2,16-25(3)4)15-23-20(17-10-7-6-8-11-17)21(26)24-18-12-9-13-19(14-18)27-5/h6-14,20,23H,15-16H2,1-5H3,(H,24,26)/p+2/t20-/m1/s1. The molecule has 27 heavy (non-hydrogen) atoms. The highest BCUT2D eigenvalue weighted by molar-refractivity contribution is 5.94. The van der Waals surface area contributed by atoms with Gasteiger partial charge in [-0.2, -0.15) is 0 Å². The maximum Gasteiger partial charge on any atom is 0.287 e. The molecule has 2 aromatic rings. The fourth-order valence-corrected chi connectivity index (χ4v) is 3.44. The Morgan fingerprint density at radius 1 is 1.15 bits per heavy atom. The van der Waals surface area contributed by atoms with Crippen molar-refractivity contribution in [2.75, 3.05) is 39.6 Å². The van der Waals surface area contributed by atoms with Gasteiger partial charge in [-0.3, -0.25) is 4.79 Å². The number of amides is 1. The first-order chi connectivity index (χ1) is 12.8. The van der Waals surface area contributed by atoms with Gasteiger partial charge in [0, 0.05) is 17.3 Å². The summed E-state index contributed by atoms with van der Waals surface area (Å²) in [7, 11) is 5.94. The van der Waals surface area contributed by atoms with Gasteiger partial charge in [0.2, 0.25) is 0 Å². The number of nitrogens with two attached hydrogens (primary N) is 1. The molecule has 0 unspecified atom stereocenters. The van der Waals surface area contributed by atoms with Gasteiger partial charge in [0.05, 0.1) is 39.7 Å². The topological polar surface area (TPSA) is 59.4 Å². The summed E-state index contributed by atoms with van der Waals surface area (Å²) in [6, 6.07) is 17.1. The molecule has 5 heteroatoms. The van der Waals surface area contributed by atoms with Gasteiger partial charge >= 0.3 is 0 Å². The van der Waals surface area contributed by atoms with E-state index in [0.717, 1.165) is 30.1 Å². The third kappa shape index (κ3) is 6.70. The molecule has 2 aromatic carbocycles. The van der Waals surface area contributed by atoms with Crippen molar-refractivity contribution in [2.45, 2.75) is 19.9 Å². The summed E-state index contributed by atoms with van der Waals surface area (Å²) in [5, 5.41) is 5.18. The lowest BCUT2D eigenvalue weighted by molar-refractivity contribution is -0.869. The van der Waals surface area contributed by atoms with E-state index in [-0.39, 0.29) is 17.4 Å². The Morgan fingerprint density at radius 2 is 1.85 bits per heavy atom. The van der Waals surface area contributed by atoms with Crippen LogP contribution in [0.5, 0.6) is 5.75 Å². The van der Waals surface area contributed by atoms with E-state index in [1.165, 1.54) is 4.90 Å². The number of carbonyl (C=O) groups excluding carboxylic acids is 1. The monoisotopic (exact) mass is 371 g/mol. The van der Waals surface area contributed by atoms with Gasteiger partial charge in [0.15, 0.2) is 6.04 Å². The van der Waals surface area contributed by atoms with Crippen molar-refractivity contribution in [1.82, 2.24) is 0 Å². The minimum atomic E-state index is -0.297. The lowest BCUT2D eigenvalue weighted by Crippen LogP contribution is -3.08. The number of carbonyl (C=O) groups is 1. The predicted molar refractivity (Wildman–Crippen MR) is 109 cm³/mol. The predicted octanol–water partition coefficient (Wildman–Crippen LogP) is 1.11. The molecule has 0 fully saturated rings. The number of quaternary nitrogens is 2. The molecule has 0 aliphatic carbocycles. The minimum Gasteiger partial charge on any atom is -0.497 e. The third-order valence-electron chi connectivity index (χ3n) is 4.52. The largest absolute Gasteiger partial charge is 0.497 e. The van der Waals surface area contributed by atoms with Crippen LogP contribution < -0.4 is 20.3 Å². The molecule has 0 aromatic heterocycles. The maximum absolute atomic E-state index is 13.1. The molecule has 0 radical (unpaired) electrons. The van der Waals surface area contributed by atoms with Crippen LogP contribution in [0.15, 0.2) is 54.6 Å². The van der Waals surface area contributed by atoms with E-state index in [9.17, 15) is 4.79 Å². The summed E-state index contributed by atoms with van der Waals surface area (Å²) < 4.78 is 5.25. The van der Waals surface area contributed by atoms with E-state index in [1.54, 1.807) is 7.11 Å². The Balaban J connectivity index is 2.15. The average molecular weight is 372 g/mol.